The highest BCUT2D eigenvalue weighted by Gasteiger charge is 2.49. The molecule has 0 bridgehead atoms. The summed E-state index contributed by atoms with van der Waals surface area (Å²) < 4.78 is 68.4. The Kier molecular flexibility index (Phi) is 3.70. The molecule has 0 radical (unpaired) electrons. The van der Waals surface area contributed by atoms with Crippen LogP contribution in [0.4, 0.5) is 13.2 Å². The van der Waals surface area contributed by atoms with E-state index < -0.39 is 21.4 Å². The Balaban J connectivity index is 2.43. The molecule has 0 saturated carbocycles. The van der Waals surface area contributed by atoms with Crippen molar-refractivity contribution in [1.29, 1.82) is 0 Å². The highest BCUT2D eigenvalue weighted by molar-refractivity contribution is 7.87. The van der Waals surface area contributed by atoms with E-state index in [1.165, 1.54) is 25.1 Å². The number of carbonyl (C=O) groups is 1. The molecular weight excluding hydrogens is 313 g/mol. The lowest BCUT2D eigenvalue weighted by atomic mass is 10.0. The Morgan fingerprint density at radius 1 is 1.33 bits per heavy atom. The third kappa shape index (κ3) is 3.02. The van der Waals surface area contributed by atoms with Crippen molar-refractivity contribution in [2.45, 2.75) is 12.4 Å². The van der Waals surface area contributed by atoms with Gasteiger partial charge < -0.3 is 8.92 Å². The maximum atomic E-state index is 12.3. The first-order valence-corrected chi connectivity index (χ1v) is 7.02. The van der Waals surface area contributed by atoms with Crippen LogP contribution in [0.15, 0.2) is 24.3 Å². The Morgan fingerprint density at radius 2 is 2.00 bits per heavy atom. The lowest BCUT2D eigenvalue weighted by molar-refractivity contribution is -0.0509. The molecule has 1 heterocycles. The summed E-state index contributed by atoms with van der Waals surface area (Å²) in [6.07, 6.45) is 1.05. The van der Waals surface area contributed by atoms with Crippen LogP contribution in [0.1, 0.15) is 22.8 Å². The summed E-state index contributed by atoms with van der Waals surface area (Å²) in [5, 5.41) is 0. The van der Waals surface area contributed by atoms with E-state index in [0.29, 0.717) is 0 Å². The minimum atomic E-state index is -5.78. The van der Waals surface area contributed by atoms with Crippen LogP contribution in [0.3, 0.4) is 0 Å². The predicted octanol–water partition coefficient (Wildman–Crippen LogP) is 2.49. The van der Waals surface area contributed by atoms with E-state index in [1.807, 2.05) is 0 Å². The molecule has 0 fully saturated rings. The van der Waals surface area contributed by atoms with Crippen LogP contribution in [0.2, 0.25) is 0 Å². The highest BCUT2D eigenvalue weighted by Crippen LogP contribution is 2.35. The normalized spacial score (nSPS) is 14.8. The van der Waals surface area contributed by atoms with Crippen molar-refractivity contribution in [2.24, 2.45) is 0 Å². The summed E-state index contributed by atoms with van der Waals surface area (Å²) in [7, 11) is -5.78. The molecule has 0 spiro atoms. The topological polar surface area (TPSA) is 69.7 Å². The van der Waals surface area contributed by atoms with Crippen molar-refractivity contribution in [3.05, 3.63) is 35.4 Å². The van der Waals surface area contributed by atoms with Gasteiger partial charge in [-0.25, -0.2) is 0 Å². The molecule has 1 aromatic carbocycles. The quantitative estimate of drug-likeness (QED) is 0.486. The fraction of sp³-hybridized carbons (Fsp3) is 0.250. The smallest absolute Gasteiger partial charge is 0.489 e. The average Bonchev–Trinajstić information content (AvgIpc) is 2.36. The minimum Gasteiger partial charge on any atom is -0.489 e. The summed E-state index contributed by atoms with van der Waals surface area (Å²) in [6, 6.07) is 4.00. The number of alkyl halides is 3. The van der Waals surface area contributed by atoms with Crippen LogP contribution < -0.4 is 4.74 Å². The first kappa shape index (κ1) is 15.4. The number of hydrogen-bond acceptors (Lipinski definition) is 5. The molecule has 1 aliphatic heterocycles. The fourth-order valence-corrected chi connectivity index (χ4v) is 2.12. The Bertz CT molecular complexity index is 719. The van der Waals surface area contributed by atoms with Gasteiger partial charge in [0.2, 0.25) is 0 Å². The fourth-order valence-electron chi connectivity index (χ4n) is 1.63. The first-order valence-electron chi connectivity index (χ1n) is 5.61. The molecule has 0 amide bonds. The molecule has 21 heavy (non-hydrogen) atoms. The van der Waals surface area contributed by atoms with Gasteiger partial charge in [-0.15, -0.1) is 0 Å². The van der Waals surface area contributed by atoms with E-state index in [0.717, 1.165) is 6.08 Å². The van der Waals surface area contributed by atoms with E-state index in [-0.39, 0.29) is 29.3 Å². The average molecular weight is 322 g/mol. The van der Waals surface area contributed by atoms with E-state index in [4.69, 9.17) is 4.74 Å². The van der Waals surface area contributed by atoms with Gasteiger partial charge >= 0.3 is 15.6 Å². The number of carbonyl (C=O) groups excluding carboxylic acids is 1. The molecule has 5 nitrogen and oxygen atoms in total. The summed E-state index contributed by atoms with van der Waals surface area (Å²) in [4.78, 5) is 11.3. The third-order valence-electron chi connectivity index (χ3n) is 2.64. The molecule has 1 aromatic rings. The lowest BCUT2D eigenvalue weighted by Crippen LogP contribution is -2.25. The summed E-state index contributed by atoms with van der Waals surface area (Å²) in [6.45, 7) is 1.12. The van der Waals surface area contributed by atoms with E-state index in [1.54, 1.807) is 0 Å². The van der Waals surface area contributed by atoms with Gasteiger partial charge in [-0.1, -0.05) is 0 Å². The van der Waals surface area contributed by atoms with Gasteiger partial charge in [0.15, 0.2) is 11.5 Å². The van der Waals surface area contributed by atoms with Gasteiger partial charge in [-0.05, 0) is 31.2 Å². The molecular formula is C12H9F3O5S. The van der Waals surface area contributed by atoms with Crippen LogP contribution >= 0.6 is 0 Å². The van der Waals surface area contributed by atoms with Crippen LogP contribution in [0, 0.1) is 0 Å². The number of hydrogen-bond donors (Lipinski definition) is 0. The second-order valence-corrected chi connectivity index (χ2v) is 5.67. The Hall–Kier alpha value is -2.03. The van der Waals surface area contributed by atoms with Gasteiger partial charge in [-0.2, -0.15) is 21.6 Å². The SMILES string of the molecule is CC(=O)c1ccc2c(c1)C(OS(=O)(=O)C(F)(F)F)=CCO2. The number of Topliss-reactive ketones (excluding diaryl/α,β-unsaturated/α-hetero) is 1. The highest BCUT2D eigenvalue weighted by atomic mass is 32.2. The molecule has 0 aliphatic carbocycles. The molecule has 2 rings (SSSR count). The lowest BCUT2D eigenvalue weighted by Gasteiger charge is -2.19. The summed E-state index contributed by atoms with van der Waals surface area (Å²) in [5.74, 6) is -0.715. The van der Waals surface area contributed by atoms with Gasteiger partial charge in [0.25, 0.3) is 0 Å². The molecule has 0 aromatic heterocycles. The largest absolute Gasteiger partial charge is 0.534 e. The van der Waals surface area contributed by atoms with E-state index in [9.17, 15) is 26.4 Å². The predicted molar refractivity (Wildman–Crippen MR) is 66.0 cm³/mol. The molecule has 0 saturated heterocycles. The zero-order valence-electron chi connectivity index (χ0n) is 10.6. The zero-order valence-corrected chi connectivity index (χ0v) is 11.4. The molecule has 0 unspecified atom stereocenters. The van der Waals surface area contributed by atoms with Gasteiger partial charge in [-0.3, -0.25) is 4.79 Å². The van der Waals surface area contributed by atoms with Gasteiger partial charge in [0.1, 0.15) is 12.4 Å². The molecule has 9 heteroatoms. The monoisotopic (exact) mass is 322 g/mol. The van der Waals surface area contributed by atoms with Crippen molar-refractivity contribution < 1.29 is 35.3 Å². The van der Waals surface area contributed by atoms with Crippen LogP contribution in [0.5, 0.6) is 5.75 Å². The molecule has 1 aliphatic rings. The van der Waals surface area contributed by atoms with E-state index in [2.05, 4.69) is 4.18 Å². The maximum Gasteiger partial charge on any atom is 0.534 e. The van der Waals surface area contributed by atoms with Crippen molar-refractivity contribution in [2.75, 3.05) is 6.61 Å². The van der Waals surface area contributed by atoms with Crippen LogP contribution in [-0.4, -0.2) is 26.3 Å². The second kappa shape index (κ2) is 5.06. The van der Waals surface area contributed by atoms with E-state index >= 15 is 0 Å². The standard InChI is InChI=1S/C12H9F3O5S/c1-7(16)8-2-3-10-9(6-8)11(4-5-19-10)20-21(17,18)12(13,14)15/h2-4,6H,5H2,1H3. The summed E-state index contributed by atoms with van der Waals surface area (Å²) in [5.41, 5.74) is -5.37. The van der Waals surface area contributed by atoms with Crippen molar-refractivity contribution in [3.63, 3.8) is 0 Å². The van der Waals surface area contributed by atoms with Crippen molar-refractivity contribution in [3.8, 4) is 5.75 Å². The van der Waals surface area contributed by atoms with Gasteiger partial charge in [0.05, 0.1) is 5.56 Å². The molecule has 0 N–H and O–H groups in total. The number of ether oxygens (including phenoxy) is 1. The maximum absolute atomic E-state index is 12.3. The molecule has 114 valence electrons. The number of rotatable bonds is 3. The minimum absolute atomic E-state index is 0.0261. The zero-order chi connectivity index (χ0) is 15.8. The third-order valence-corrected chi connectivity index (χ3v) is 3.61. The molecule has 0 atom stereocenters. The van der Waals surface area contributed by atoms with Crippen LogP contribution in [-0.2, 0) is 14.3 Å². The van der Waals surface area contributed by atoms with Crippen LogP contribution in [0.25, 0.3) is 5.76 Å². The number of fused-ring (bicyclic) bond motifs is 1. The second-order valence-electron chi connectivity index (χ2n) is 4.13. The Labute approximate surface area is 118 Å². The number of benzene rings is 1. The first-order chi connectivity index (χ1) is 9.62. The van der Waals surface area contributed by atoms with Crippen molar-refractivity contribution in [1.82, 2.24) is 0 Å². The van der Waals surface area contributed by atoms with Gasteiger partial charge in [0, 0.05) is 5.56 Å². The number of halogens is 3. The summed E-state index contributed by atoms with van der Waals surface area (Å²) >= 11 is 0. The van der Waals surface area contributed by atoms with Crippen molar-refractivity contribution >= 4 is 21.7 Å². The Morgan fingerprint density at radius 3 is 2.57 bits per heavy atom. The number of ketones is 1.